The summed E-state index contributed by atoms with van der Waals surface area (Å²) in [6.45, 7) is -0.565. The van der Waals surface area contributed by atoms with Crippen LogP contribution in [0.2, 0.25) is 0 Å². The molecule has 1 heterocycles. The summed E-state index contributed by atoms with van der Waals surface area (Å²) in [5.74, 6) is -2.34. The lowest BCUT2D eigenvalue weighted by molar-refractivity contribution is -0.147. The summed E-state index contributed by atoms with van der Waals surface area (Å²) in [6, 6.07) is 0. The SMILES string of the molecule is Cl.O=C(O)CN1C(=O)C=CC1=O. The number of hydrogen-bond donors (Lipinski definition) is 1. The number of amides is 2. The topological polar surface area (TPSA) is 74.7 Å². The molecule has 0 aromatic carbocycles. The molecule has 1 rings (SSSR count). The first-order valence-electron chi connectivity index (χ1n) is 2.86. The predicted octanol–water partition coefficient (Wildman–Crippen LogP) is -0.582. The molecule has 6 heteroatoms. The molecule has 0 bridgehead atoms. The van der Waals surface area contributed by atoms with Crippen LogP contribution >= 0.6 is 12.4 Å². The van der Waals surface area contributed by atoms with Crippen LogP contribution in [-0.2, 0) is 14.4 Å². The van der Waals surface area contributed by atoms with Crippen LogP contribution in [0.5, 0.6) is 0 Å². The molecule has 1 N–H and O–H groups in total. The molecule has 0 atom stereocenters. The van der Waals surface area contributed by atoms with E-state index in [-0.39, 0.29) is 12.4 Å². The Morgan fingerprint density at radius 2 is 1.75 bits per heavy atom. The van der Waals surface area contributed by atoms with E-state index in [0.717, 1.165) is 12.2 Å². The molecular formula is C6H6ClNO4. The van der Waals surface area contributed by atoms with E-state index in [1.54, 1.807) is 0 Å². The van der Waals surface area contributed by atoms with Gasteiger partial charge in [0.2, 0.25) is 0 Å². The molecule has 5 nitrogen and oxygen atoms in total. The van der Waals surface area contributed by atoms with Gasteiger partial charge in [0.15, 0.2) is 0 Å². The highest BCUT2D eigenvalue weighted by Gasteiger charge is 2.24. The number of halogens is 1. The van der Waals surface area contributed by atoms with Gasteiger partial charge in [0.25, 0.3) is 11.8 Å². The van der Waals surface area contributed by atoms with Crippen molar-refractivity contribution < 1.29 is 19.5 Å². The fourth-order valence-corrected chi connectivity index (χ4v) is 0.722. The summed E-state index contributed by atoms with van der Waals surface area (Å²) in [5.41, 5.74) is 0. The lowest BCUT2D eigenvalue weighted by Crippen LogP contribution is -2.34. The average molecular weight is 192 g/mol. The molecule has 0 unspecified atom stereocenters. The zero-order valence-corrected chi connectivity index (χ0v) is 6.71. The average Bonchev–Trinajstić information content (AvgIpc) is 2.18. The van der Waals surface area contributed by atoms with Gasteiger partial charge in [-0.15, -0.1) is 12.4 Å². The van der Waals surface area contributed by atoms with Crippen LogP contribution in [0, 0.1) is 0 Å². The van der Waals surface area contributed by atoms with Crippen LogP contribution in [-0.4, -0.2) is 34.3 Å². The van der Waals surface area contributed by atoms with E-state index in [4.69, 9.17) is 5.11 Å². The Labute approximate surface area is 74.1 Å². The molecule has 66 valence electrons. The summed E-state index contributed by atoms with van der Waals surface area (Å²) in [6.07, 6.45) is 2.09. The Bertz CT molecular complexity index is 242. The first-order valence-corrected chi connectivity index (χ1v) is 2.86. The lowest BCUT2D eigenvalue weighted by atomic mass is 10.5. The Balaban J connectivity index is 0.00000121. The molecule has 0 saturated heterocycles. The summed E-state index contributed by atoms with van der Waals surface area (Å²) in [5, 5.41) is 8.24. The second-order valence-electron chi connectivity index (χ2n) is 1.99. The smallest absolute Gasteiger partial charge is 0.323 e. The molecule has 0 fully saturated rings. The Hall–Kier alpha value is -1.36. The molecule has 0 radical (unpaired) electrons. The maximum Gasteiger partial charge on any atom is 0.323 e. The van der Waals surface area contributed by atoms with Gasteiger partial charge in [-0.1, -0.05) is 0 Å². The molecule has 0 spiro atoms. The molecule has 0 aromatic rings. The second-order valence-corrected chi connectivity index (χ2v) is 1.99. The highest BCUT2D eigenvalue weighted by Crippen LogP contribution is 2.01. The number of hydrogen-bond acceptors (Lipinski definition) is 3. The minimum Gasteiger partial charge on any atom is -0.480 e. The number of imide groups is 1. The number of carbonyl (C=O) groups is 3. The minimum atomic E-state index is -1.20. The van der Waals surface area contributed by atoms with Crippen LogP contribution in [0.4, 0.5) is 0 Å². The third-order valence-corrected chi connectivity index (χ3v) is 1.19. The van der Waals surface area contributed by atoms with Crippen molar-refractivity contribution in [1.29, 1.82) is 0 Å². The van der Waals surface area contributed by atoms with Gasteiger partial charge < -0.3 is 5.11 Å². The summed E-state index contributed by atoms with van der Waals surface area (Å²) < 4.78 is 0. The number of carboxylic acid groups (broad SMARTS) is 1. The van der Waals surface area contributed by atoms with Crippen molar-refractivity contribution in [2.45, 2.75) is 0 Å². The third kappa shape index (κ3) is 2.06. The highest BCUT2D eigenvalue weighted by molar-refractivity contribution is 6.14. The number of rotatable bonds is 2. The van der Waals surface area contributed by atoms with E-state index >= 15 is 0 Å². The summed E-state index contributed by atoms with van der Waals surface area (Å²) in [4.78, 5) is 32.1. The van der Waals surface area contributed by atoms with Crippen molar-refractivity contribution in [3.8, 4) is 0 Å². The highest BCUT2D eigenvalue weighted by atomic mass is 35.5. The Kier molecular flexibility index (Phi) is 3.43. The van der Waals surface area contributed by atoms with E-state index in [2.05, 4.69) is 0 Å². The number of nitrogens with zero attached hydrogens (tertiary/aromatic N) is 1. The monoisotopic (exact) mass is 191 g/mol. The fourth-order valence-electron chi connectivity index (χ4n) is 0.722. The molecular weight excluding hydrogens is 186 g/mol. The normalized spacial score (nSPS) is 14.8. The largest absolute Gasteiger partial charge is 0.480 e. The van der Waals surface area contributed by atoms with Crippen molar-refractivity contribution in [2.24, 2.45) is 0 Å². The minimum absolute atomic E-state index is 0. The predicted molar refractivity (Wildman–Crippen MR) is 40.7 cm³/mol. The zero-order valence-electron chi connectivity index (χ0n) is 5.89. The van der Waals surface area contributed by atoms with Crippen LogP contribution in [0.3, 0.4) is 0 Å². The van der Waals surface area contributed by atoms with Gasteiger partial charge in [-0.2, -0.15) is 0 Å². The second kappa shape index (κ2) is 3.87. The molecule has 2 amide bonds. The lowest BCUT2D eigenvalue weighted by Gasteiger charge is -2.08. The fraction of sp³-hybridized carbons (Fsp3) is 0.167. The van der Waals surface area contributed by atoms with Crippen LogP contribution < -0.4 is 0 Å². The van der Waals surface area contributed by atoms with Gasteiger partial charge in [0.05, 0.1) is 0 Å². The van der Waals surface area contributed by atoms with Gasteiger partial charge in [-0.3, -0.25) is 19.3 Å². The molecule has 0 aromatic heterocycles. The standard InChI is InChI=1S/C6H5NO4.ClH/c8-4-1-2-5(9)7(4)3-6(10)11;/h1-2H,3H2,(H,10,11);1H. The molecule has 12 heavy (non-hydrogen) atoms. The van der Waals surface area contributed by atoms with Crippen LogP contribution in [0.1, 0.15) is 0 Å². The van der Waals surface area contributed by atoms with Crippen molar-refractivity contribution in [3.63, 3.8) is 0 Å². The van der Waals surface area contributed by atoms with Crippen molar-refractivity contribution in [2.75, 3.05) is 6.54 Å². The number of carboxylic acids is 1. The van der Waals surface area contributed by atoms with E-state index in [1.165, 1.54) is 0 Å². The van der Waals surface area contributed by atoms with E-state index in [1.807, 2.05) is 0 Å². The van der Waals surface area contributed by atoms with Gasteiger partial charge in [-0.05, 0) is 0 Å². The molecule has 0 saturated carbocycles. The first-order chi connectivity index (χ1) is 5.11. The van der Waals surface area contributed by atoms with Gasteiger partial charge >= 0.3 is 5.97 Å². The van der Waals surface area contributed by atoms with Gasteiger partial charge in [0.1, 0.15) is 6.54 Å². The zero-order chi connectivity index (χ0) is 8.43. The van der Waals surface area contributed by atoms with Crippen molar-refractivity contribution in [3.05, 3.63) is 12.2 Å². The Morgan fingerprint density at radius 3 is 2.08 bits per heavy atom. The van der Waals surface area contributed by atoms with Gasteiger partial charge in [-0.25, -0.2) is 0 Å². The third-order valence-electron chi connectivity index (χ3n) is 1.19. The van der Waals surface area contributed by atoms with E-state index < -0.39 is 24.3 Å². The quantitative estimate of drug-likeness (QED) is 0.593. The van der Waals surface area contributed by atoms with Crippen LogP contribution in [0.25, 0.3) is 0 Å². The van der Waals surface area contributed by atoms with Gasteiger partial charge in [0, 0.05) is 12.2 Å². The van der Waals surface area contributed by atoms with Crippen molar-refractivity contribution >= 4 is 30.2 Å². The number of aliphatic carboxylic acids is 1. The number of carbonyl (C=O) groups excluding carboxylic acids is 2. The van der Waals surface area contributed by atoms with E-state index in [0.29, 0.717) is 4.90 Å². The van der Waals surface area contributed by atoms with E-state index in [9.17, 15) is 14.4 Å². The molecule has 1 aliphatic heterocycles. The maximum atomic E-state index is 10.7. The van der Waals surface area contributed by atoms with Crippen LogP contribution in [0.15, 0.2) is 12.2 Å². The molecule has 0 aliphatic carbocycles. The summed E-state index contributed by atoms with van der Waals surface area (Å²) in [7, 11) is 0. The maximum absolute atomic E-state index is 10.7. The van der Waals surface area contributed by atoms with Crippen molar-refractivity contribution in [1.82, 2.24) is 4.90 Å². The molecule has 1 aliphatic rings. The first kappa shape index (κ1) is 10.6. The summed E-state index contributed by atoms with van der Waals surface area (Å²) >= 11 is 0. The Morgan fingerprint density at radius 1 is 1.33 bits per heavy atom.